The first-order valence-corrected chi connectivity index (χ1v) is 5.66. The average molecular weight is 237 g/mol. The highest BCUT2D eigenvalue weighted by molar-refractivity contribution is 5.90. The van der Waals surface area contributed by atoms with Crippen LogP contribution >= 0.6 is 0 Å². The van der Waals surface area contributed by atoms with Gasteiger partial charge in [-0.2, -0.15) is 0 Å². The molecule has 0 aliphatic carbocycles. The third-order valence-corrected chi connectivity index (χ3v) is 3.27. The average Bonchev–Trinajstić information content (AvgIpc) is 2.72. The van der Waals surface area contributed by atoms with Crippen LogP contribution in [0.2, 0.25) is 0 Å². The summed E-state index contributed by atoms with van der Waals surface area (Å²) >= 11 is 0. The first-order chi connectivity index (χ1) is 8.01. The molecule has 1 aliphatic heterocycles. The van der Waals surface area contributed by atoms with Crippen LogP contribution in [0.1, 0.15) is 17.5 Å². The molecular formula is C13H16FNO2. The third-order valence-electron chi connectivity index (χ3n) is 3.27. The molecule has 0 bridgehead atoms. The minimum absolute atomic E-state index is 0.0799. The second-order valence-corrected chi connectivity index (χ2v) is 4.63. The summed E-state index contributed by atoms with van der Waals surface area (Å²) in [5.41, 5.74) is 6.69. The molecule has 1 atom stereocenters. The Hall–Kier alpha value is -1.26. The molecule has 1 saturated heterocycles. The lowest BCUT2D eigenvalue weighted by Crippen LogP contribution is -2.49. The number of ether oxygens (including phenoxy) is 1. The van der Waals surface area contributed by atoms with Gasteiger partial charge in [0, 0.05) is 13.0 Å². The van der Waals surface area contributed by atoms with Crippen molar-refractivity contribution in [1.29, 1.82) is 0 Å². The number of carbonyl (C=O) groups is 1. The van der Waals surface area contributed by atoms with Gasteiger partial charge < -0.3 is 10.5 Å². The zero-order valence-electron chi connectivity index (χ0n) is 9.83. The molecule has 0 spiro atoms. The lowest BCUT2D eigenvalue weighted by molar-refractivity contribution is -0.123. The molecule has 3 nitrogen and oxygen atoms in total. The van der Waals surface area contributed by atoms with Crippen LogP contribution in [0.15, 0.2) is 18.2 Å². The van der Waals surface area contributed by atoms with Crippen molar-refractivity contribution >= 4 is 5.78 Å². The molecule has 1 heterocycles. The van der Waals surface area contributed by atoms with Gasteiger partial charge in [-0.05, 0) is 36.6 Å². The molecule has 2 rings (SSSR count). The van der Waals surface area contributed by atoms with E-state index in [0.29, 0.717) is 18.6 Å². The molecule has 4 heteroatoms. The smallest absolute Gasteiger partial charge is 0.159 e. The fraction of sp³-hybridized carbons (Fsp3) is 0.462. The summed E-state index contributed by atoms with van der Waals surface area (Å²) in [6, 6.07) is 4.46. The van der Waals surface area contributed by atoms with Gasteiger partial charge in [-0.3, -0.25) is 4.79 Å². The molecule has 0 saturated carbocycles. The van der Waals surface area contributed by atoms with E-state index >= 15 is 0 Å². The van der Waals surface area contributed by atoms with Gasteiger partial charge in [0.2, 0.25) is 0 Å². The number of ketones is 1. The van der Waals surface area contributed by atoms with E-state index in [1.807, 2.05) is 6.92 Å². The van der Waals surface area contributed by atoms with Crippen LogP contribution in [0.4, 0.5) is 4.39 Å². The van der Waals surface area contributed by atoms with Crippen LogP contribution in [0.3, 0.4) is 0 Å². The number of carbonyl (C=O) groups excluding carboxylic acids is 1. The minimum atomic E-state index is -0.890. The molecule has 1 aliphatic rings. The second kappa shape index (κ2) is 4.55. The lowest BCUT2D eigenvalue weighted by Gasteiger charge is -2.20. The summed E-state index contributed by atoms with van der Waals surface area (Å²) in [7, 11) is 0. The van der Waals surface area contributed by atoms with Crippen LogP contribution in [0.5, 0.6) is 0 Å². The Bertz CT molecular complexity index is 439. The number of nitrogens with two attached hydrogens (primary N) is 1. The van der Waals surface area contributed by atoms with Crippen molar-refractivity contribution in [2.45, 2.75) is 25.3 Å². The molecule has 1 fully saturated rings. The van der Waals surface area contributed by atoms with Crippen molar-refractivity contribution in [2.75, 3.05) is 13.2 Å². The molecule has 0 amide bonds. The fourth-order valence-corrected chi connectivity index (χ4v) is 1.98. The topological polar surface area (TPSA) is 52.3 Å². The van der Waals surface area contributed by atoms with E-state index in [-0.39, 0.29) is 24.6 Å². The maximum atomic E-state index is 13.1. The van der Waals surface area contributed by atoms with Crippen LogP contribution in [-0.2, 0) is 16.0 Å². The number of benzene rings is 1. The Balaban J connectivity index is 2.15. The van der Waals surface area contributed by atoms with E-state index in [4.69, 9.17) is 10.5 Å². The fourth-order valence-electron chi connectivity index (χ4n) is 1.98. The number of hydrogen-bond acceptors (Lipinski definition) is 3. The highest BCUT2D eigenvalue weighted by atomic mass is 19.1. The van der Waals surface area contributed by atoms with Gasteiger partial charge in [0.1, 0.15) is 11.4 Å². The van der Waals surface area contributed by atoms with Crippen molar-refractivity contribution in [3.8, 4) is 0 Å². The van der Waals surface area contributed by atoms with Crippen LogP contribution in [0.25, 0.3) is 0 Å². The van der Waals surface area contributed by atoms with E-state index in [0.717, 1.165) is 5.56 Å². The van der Waals surface area contributed by atoms with Crippen molar-refractivity contribution in [3.63, 3.8) is 0 Å². The molecule has 92 valence electrons. The summed E-state index contributed by atoms with van der Waals surface area (Å²) in [5, 5.41) is 0. The normalized spacial score (nSPS) is 23.9. The number of Topliss-reactive ketones (excluding diaryl/α,β-unsaturated/α-hetero) is 1. The van der Waals surface area contributed by atoms with Gasteiger partial charge in [0.15, 0.2) is 5.78 Å². The lowest BCUT2D eigenvalue weighted by atomic mass is 9.89. The van der Waals surface area contributed by atoms with Gasteiger partial charge in [-0.25, -0.2) is 4.39 Å². The Morgan fingerprint density at radius 1 is 1.59 bits per heavy atom. The van der Waals surface area contributed by atoms with Crippen LogP contribution < -0.4 is 5.73 Å². The van der Waals surface area contributed by atoms with Gasteiger partial charge in [-0.1, -0.05) is 6.07 Å². The number of aryl methyl sites for hydroxylation is 1. The van der Waals surface area contributed by atoms with Crippen LogP contribution in [0, 0.1) is 12.7 Å². The Morgan fingerprint density at radius 2 is 2.35 bits per heavy atom. The first-order valence-electron chi connectivity index (χ1n) is 5.66. The van der Waals surface area contributed by atoms with E-state index in [9.17, 15) is 9.18 Å². The van der Waals surface area contributed by atoms with Gasteiger partial charge in [0.05, 0.1) is 6.61 Å². The predicted octanol–water partition coefficient (Wildman–Crippen LogP) is 1.36. The summed E-state index contributed by atoms with van der Waals surface area (Å²) in [6.45, 7) is 2.64. The van der Waals surface area contributed by atoms with Crippen LogP contribution in [-0.4, -0.2) is 24.5 Å². The van der Waals surface area contributed by atoms with Gasteiger partial charge in [-0.15, -0.1) is 0 Å². The number of halogens is 1. The van der Waals surface area contributed by atoms with Gasteiger partial charge in [0.25, 0.3) is 0 Å². The number of hydrogen-bond donors (Lipinski definition) is 1. The Kier molecular flexibility index (Phi) is 3.26. The molecule has 1 aromatic carbocycles. The van der Waals surface area contributed by atoms with Crippen molar-refractivity contribution in [2.24, 2.45) is 5.73 Å². The van der Waals surface area contributed by atoms with E-state index in [1.165, 1.54) is 12.1 Å². The third kappa shape index (κ3) is 2.53. The molecule has 1 aromatic rings. The Labute approximate surface area is 99.8 Å². The molecule has 0 radical (unpaired) electrons. The maximum Gasteiger partial charge on any atom is 0.159 e. The molecule has 1 unspecified atom stereocenters. The molecule has 0 aromatic heterocycles. The highest BCUT2D eigenvalue weighted by Crippen LogP contribution is 2.20. The zero-order chi connectivity index (χ0) is 12.5. The van der Waals surface area contributed by atoms with Crippen molar-refractivity contribution in [3.05, 3.63) is 35.1 Å². The monoisotopic (exact) mass is 237 g/mol. The van der Waals surface area contributed by atoms with Crippen molar-refractivity contribution < 1.29 is 13.9 Å². The summed E-state index contributed by atoms with van der Waals surface area (Å²) < 4.78 is 18.3. The van der Waals surface area contributed by atoms with E-state index < -0.39 is 5.54 Å². The summed E-state index contributed by atoms with van der Waals surface area (Å²) in [6.07, 6.45) is 0.712. The Morgan fingerprint density at radius 3 is 3.00 bits per heavy atom. The minimum Gasteiger partial charge on any atom is -0.379 e. The largest absolute Gasteiger partial charge is 0.379 e. The second-order valence-electron chi connectivity index (χ2n) is 4.63. The number of rotatable bonds is 3. The molecule has 17 heavy (non-hydrogen) atoms. The van der Waals surface area contributed by atoms with E-state index in [2.05, 4.69) is 0 Å². The molecule has 2 N–H and O–H groups in total. The van der Waals surface area contributed by atoms with Gasteiger partial charge >= 0.3 is 0 Å². The quantitative estimate of drug-likeness (QED) is 0.863. The molecular weight excluding hydrogens is 221 g/mol. The first kappa shape index (κ1) is 12.2. The SMILES string of the molecule is Cc1ccc(F)cc1CC(=O)C1(N)CCOC1. The zero-order valence-corrected chi connectivity index (χ0v) is 9.83. The van der Waals surface area contributed by atoms with E-state index in [1.54, 1.807) is 6.07 Å². The summed E-state index contributed by atoms with van der Waals surface area (Å²) in [4.78, 5) is 12.1. The van der Waals surface area contributed by atoms with Crippen molar-refractivity contribution in [1.82, 2.24) is 0 Å². The predicted molar refractivity (Wildman–Crippen MR) is 62.2 cm³/mol. The highest BCUT2D eigenvalue weighted by Gasteiger charge is 2.37. The maximum absolute atomic E-state index is 13.1. The summed E-state index contributed by atoms with van der Waals surface area (Å²) in [5.74, 6) is -0.407. The standard InChI is InChI=1S/C13H16FNO2/c1-9-2-3-11(14)6-10(9)7-12(16)13(15)4-5-17-8-13/h2-3,6H,4-5,7-8,15H2,1H3.